The van der Waals surface area contributed by atoms with E-state index < -0.39 is 6.29 Å². The molecule has 0 rings (SSSR count). The molecule has 10 heavy (non-hydrogen) atoms. The lowest BCUT2D eigenvalue weighted by atomic mass is 10.2. The van der Waals surface area contributed by atoms with Crippen LogP contribution >= 0.6 is 0 Å². The summed E-state index contributed by atoms with van der Waals surface area (Å²) in [5.41, 5.74) is 0.834. The van der Waals surface area contributed by atoms with Crippen molar-refractivity contribution in [3.05, 3.63) is 0 Å². The van der Waals surface area contributed by atoms with Crippen LogP contribution in [-0.4, -0.2) is 22.2 Å². The molecule has 0 saturated carbocycles. The van der Waals surface area contributed by atoms with Gasteiger partial charge in [-0.3, -0.25) is 0 Å². The van der Waals surface area contributed by atoms with Crippen LogP contribution in [0.1, 0.15) is 26.2 Å². The summed E-state index contributed by atoms with van der Waals surface area (Å²) in [6, 6.07) is 0. The van der Waals surface area contributed by atoms with Gasteiger partial charge < -0.3 is 16.1 Å². The minimum Gasteiger partial charge on any atom is -0.368 e. The van der Waals surface area contributed by atoms with Gasteiger partial charge in [0.2, 0.25) is 0 Å². The smallest absolute Gasteiger partial charge is 0.151 e. The monoisotopic (exact) mass is 146 g/mol. The van der Waals surface area contributed by atoms with Crippen LogP contribution in [-0.2, 0) is 0 Å². The zero-order valence-electron chi connectivity index (χ0n) is 6.12. The second kappa shape index (κ2) is 5.20. The fourth-order valence-electron chi connectivity index (χ4n) is 0.605. The Morgan fingerprint density at radius 3 is 2.60 bits per heavy atom. The fourth-order valence-corrected chi connectivity index (χ4v) is 0.605. The molecule has 4 heteroatoms. The van der Waals surface area contributed by atoms with E-state index in [1.807, 2.05) is 6.92 Å². The molecule has 0 aliphatic carbocycles. The van der Waals surface area contributed by atoms with Crippen LogP contribution in [0.5, 0.6) is 0 Å². The standard InChI is InChI=1S/C6H14N2O2/c1-5(8-7)3-2-4-6(9)10/h6,9-10H,2-4,7H2,1H3/b8-5+. The summed E-state index contributed by atoms with van der Waals surface area (Å²) in [5, 5.41) is 20.3. The maximum atomic E-state index is 8.42. The van der Waals surface area contributed by atoms with Crippen molar-refractivity contribution in [2.75, 3.05) is 0 Å². The van der Waals surface area contributed by atoms with Gasteiger partial charge in [0.1, 0.15) is 0 Å². The predicted octanol–water partition coefficient (Wildman–Crippen LogP) is -0.198. The van der Waals surface area contributed by atoms with Crippen LogP contribution in [0, 0.1) is 0 Å². The van der Waals surface area contributed by atoms with E-state index in [-0.39, 0.29) is 0 Å². The SMILES string of the molecule is C/C(CCCC(O)O)=N\N. The van der Waals surface area contributed by atoms with Gasteiger partial charge in [0, 0.05) is 5.71 Å². The van der Waals surface area contributed by atoms with Crippen molar-refractivity contribution in [1.29, 1.82) is 0 Å². The van der Waals surface area contributed by atoms with Crippen molar-refractivity contribution < 1.29 is 10.2 Å². The lowest BCUT2D eigenvalue weighted by Gasteiger charge is -2.01. The van der Waals surface area contributed by atoms with Crippen molar-refractivity contribution >= 4 is 5.71 Å². The second-order valence-corrected chi connectivity index (χ2v) is 2.24. The minimum absolute atomic E-state index is 0.382. The molecular formula is C6H14N2O2. The lowest BCUT2D eigenvalue weighted by molar-refractivity contribution is -0.0458. The maximum absolute atomic E-state index is 8.42. The van der Waals surface area contributed by atoms with Gasteiger partial charge in [-0.25, -0.2) is 0 Å². The molecule has 60 valence electrons. The summed E-state index contributed by atoms with van der Waals surface area (Å²) in [5.74, 6) is 4.95. The third-order valence-electron chi connectivity index (χ3n) is 1.22. The van der Waals surface area contributed by atoms with Crippen molar-refractivity contribution in [3.63, 3.8) is 0 Å². The van der Waals surface area contributed by atoms with Crippen LogP contribution in [0.15, 0.2) is 5.10 Å². The van der Waals surface area contributed by atoms with Crippen LogP contribution in [0.2, 0.25) is 0 Å². The van der Waals surface area contributed by atoms with E-state index in [9.17, 15) is 0 Å². The highest BCUT2D eigenvalue weighted by Crippen LogP contribution is 1.99. The van der Waals surface area contributed by atoms with Crippen LogP contribution < -0.4 is 5.84 Å². The number of hydrogen-bond acceptors (Lipinski definition) is 4. The summed E-state index contributed by atoms with van der Waals surface area (Å²) in [7, 11) is 0. The molecule has 0 aliphatic rings. The molecule has 0 aromatic heterocycles. The zero-order valence-corrected chi connectivity index (χ0v) is 6.12. The minimum atomic E-state index is -1.20. The van der Waals surface area contributed by atoms with Crippen LogP contribution in [0.25, 0.3) is 0 Å². The molecule has 0 aliphatic heterocycles. The van der Waals surface area contributed by atoms with E-state index in [4.69, 9.17) is 16.1 Å². The number of rotatable bonds is 4. The highest BCUT2D eigenvalue weighted by Gasteiger charge is 1.97. The summed E-state index contributed by atoms with van der Waals surface area (Å²) in [4.78, 5) is 0. The number of hydrazone groups is 1. The highest BCUT2D eigenvalue weighted by molar-refractivity contribution is 5.81. The third-order valence-corrected chi connectivity index (χ3v) is 1.22. The number of hydrogen-bond donors (Lipinski definition) is 3. The van der Waals surface area contributed by atoms with Gasteiger partial charge in [-0.15, -0.1) is 0 Å². The second-order valence-electron chi connectivity index (χ2n) is 2.24. The van der Waals surface area contributed by atoms with Crippen molar-refractivity contribution in [2.24, 2.45) is 10.9 Å². The van der Waals surface area contributed by atoms with Crippen molar-refractivity contribution in [2.45, 2.75) is 32.5 Å². The first kappa shape index (κ1) is 9.39. The molecule has 0 bridgehead atoms. The van der Waals surface area contributed by atoms with Gasteiger partial charge >= 0.3 is 0 Å². The van der Waals surface area contributed by atoms with E-state index in [1.165, 1.54) is 0 Å². The Morgan fingerprint density at radius 2 is 2.20 bits per heavy atom. The summed E-state index contributed by atoms with van der Waals surface area (Å²) < 4.78 is 0. The lowest BCUT2D eigenvalue weighted by Crippen LogP contribution is -2.05. The van der Waals surface area contributed by atoms with Gasteiger partial charge in [-0.2, -0.15) is 5.10 Å². The molecule has 4 nitrogen and oxygen atoms in total. The third kappa shape index (κ3) is 5.53. The number of aliphatic hydroxyl groups is 2. The number of aliphatic hydroxyl groups excluding tert-OH is 1. The van der Waals surface area contributed by atoms with Crippen molar-refractivity contribution in [1.82, 2.24) is 0 Å². The Labute approximate surface area is 60.4 Å². The fraction of sp³-hybridized carbons (Fsp3) is 0.833. The maximum Gasteiger partial charge on any atom is 0.151 e. The van der Waals surface area contributed by atoms with E-state index in [0.29, 0.717) is 12.8 Å². The van der Waals surface area contributed by atoms with Crippen LogP contribution in [0.4, 0.5) is 0 Å². The molecule has 0 radical (unpaired) electrons. The molecule has 0 aromatic rings. The number of nitrogens with zero attached hydrogens (tertiary/aromatic N) is 1. The quantitative estimate of drug-likeness (QED) is 0.222. The normalized spacial score (nSPS) is 12.6. The predicted molar refractivity (Wildman–Crippen MR) is 39.4 cm³/mol. The highest BCUT2D eigenvalue weighted by atomic mass is 16.5. The first-order valence-corrected chi connectivity index (χ1v) is 3.26. The average Bonchev–Trinajstić information content (AvgIpc) is 1.87. The molecule has 0 saturated heterocycles. The van der Waals surface area contributed by atoms with E-state index in [2.05, 4.69) is 5.10 Å². The zero-order chi connectivity index (χ0) is 7.98. The first-order valence-electron chi connectivity index (χ1n) is 3.26. The number of nitrogens with two attached hydrogens (primary N) is 1. The molecule has 0 aromatic carbocycles. The van der Waals surface area contributed by atoms with Crippen molar-refractivity contribution in [3.8, 4) is 0 Å². The van der Waals surface area contributed by atoms with E-state index >= 15 is 0 Å². The average molecular weight is 146 g/mol. The molecular weight excluding hydrogens is 132 g/mol. The summed E-state index contributed by atoms with van der Waals surface area (Å²) in [6.45, 7) is 1.81. The molecule has 0 fully saturated rings. The molecule has 0 atom stereocenters. The van der Waals surface area contributed by atoms with Gasteiger partial charge in [0.15, 0.2) is 6.29 Å². The Kier molecular flexibility index (Phi) is 4.88. The molecule has 0 heterocycles. The van der Waals surface area contributed by atoms with E-state index in [1.54, 1.807) is 0 Å². The first-order chi connectivity index (χ1) is 4.66. The van der Waals surface area contributed by atoms with Crippen LogP contribution in [0.3, 0.4) is 0 Å². The molecule has 0 spiro atoms. The molecule has 4 N–H and O–H groups in total. The van der Waals surface area contributed by atoms with E-state index in [0.717, 1.165) is 12.1 Å². The van der Waals surface area contributed by atoms with Gasteiger partial charge in [-0.1, -0.05) is 0 Å². The summed E-state index contributed by atoms with van der Waals surface area (Å²) >= 11 is 0. The Hall–Kier alpha value is -0.610. The van der Waals surface area contributed by atoms with Gasteiger partial charge in [-0.05, 0) is 26.2 Å². The topological polar surface area (TPSA) is 78.8 Å². The Morgan fingerprint density at radius 1 is 1.60 bits per heavy atom. The Bertz CT molecular complexity index is 112. The molecule has 0 unspecified atom stereocenters. The Balaban J connectivity index is 3.20. The summed E-state index contributed by atoms with van der Waals surface area (Å²) in [6.07, 6.45) is 0.621. The largest absolute Gasteiger partial charge is 0.368 e. The molecule has 0 amide bonds. The van der Waals surface area contributed by atoms with Gasteiger partial charge in [0.25, 0.3) is 0 Å². The van der Waals surface area contributed by atoms with Gasteiger partial charge in [0.05, 0.1) is 0 Å².